The van der Waals surface area contributed by atoms with Crippen molar-refractivity contribution in [2.75, 3.05) is 5.32 Å². The van der Waals surface area contributed by atoms with Gasteiger partial charge < -0.3 is 0 Å². The van der Waals surface area contributed by atoms with Crippen molar-refractivity contribution in [2.24, 2.45) is 0 Å². The topological polar surface area (TPSA) is 42.0 Å². The molecule has 0 aliphatic rings. The van der Waals surface area contributed by atoms with Crippen LogP contribution in [-0.4, -0.2) is 10.9 Å². The third-order valence-electron chi connectivity index (χ3n) is 3.68. The van der Waals surface area contributed by atoms with Gasteiger partial charge >= 0.3 is 0 Å². The van der Waals surface area contributed by atoms with Crippen molar-refractivity contribution < 1.29 is 9.18 Å². The molecular formula is C18H10FIN2OS. The van der Waals surface area contributed by atoms with Crippen molar-refractivity contribution in [2.45, 2.75) is 0 Å². The number of nitrogens with one attached hydrogen (secondary N) is 1. The van der Waals surface area contributed by atoms with E-state index >= 15 is 0 Å². The van der Waals surface area contributed by atoms with E-state index in [0.717, 1.165) is 21.0 Å². The molecule has 0 unspecified atom stereocenters. The molecule has 118 valence electrons. The molecule has 4 aromatic rings. The second-order valence-electron chi connectivity index (χ2n) is 5.23. The highest BCUT2D eigenvalue weighted by atomic mass is 127. The third kappa shape index (κ3) is 2.76. The van der Waals surface area contributed by atoms with Gasteiger partial charge in [-0.1, -0.05) is 41.7 Å². The largest absolute Gasteiger partial charge is 0.298 e. The number of thiazole rings is 1. The lowest BCUT2D eigenvalue weighted by molar-refractivity contribution is 0.102. The summed E-state index contributed by atoms with van der Waals surface area (Å²) < 4.78 is 14.8. The Balaban J connectivity index is 1.72. The number of amides is 1. The lowest BCUT2D eigenvalue weighted by atomic mass is 10.1. The molecule has 1 heterocycles. The van der Waals surface area contributed by atoms with E-state index in [1.54, 1.807) is 0 Å². The number of benzene rings is 3. The number of anilines is 1. The quantitative estimate of drug-likeness (QED) is 0.415. The Morgan fingerprint density at radius 1 is 1.12 bits per heavy atom. The Kier molecular flexibility index (Phi) is 3.93. The fourth-order valence-corrected chi connectivity index (χ4v) is 4.15. The number of fused-ring (bicyclic) bond motifs is 3. The third-order valence-corrected chi connectivity index (χ3v) is 5.51. The van der Waals surface area contributed by atoms with Crippen molar-refractivity contribution in [1.82, 2.24) is 4.98 Å². The van der Waals surface area contributed by atoms with Gasteiger partial charge in [0.1, 0.15) is 5.82 Å². The van der Waals surface area contributed by atoms with E-state index in [2.05, 4.69) is 10.3 Å². The Morgan fingerprint density at radius 2 is 1.96 bits per heavy atom. The van der Waals surface area contributed by atoms with Crippen molar-refractivity contribution in [3.8, 4) is 0 Å². The predicted molar refractivity (Wildman–Crippen MR) is 104 cm³/mol. The van der Waals surface area contributed by atoms with Crippen molar-refractivity contribution in [1.29, 1.82) is 0 Å². The highest BCUT2D eigenvalue weighted by molar-refractivity contribution is 14.1. The van der Waals surface area contributed by atoms with Crippen LogP contribution in [-0.2, 0) is 0 Å². The van der Waals surface area contributed by atoms with E-state index in [-0.39, 0.29) is 11.7 Å². The molecule has 1 amide bonds. The summed E-state index contributed by atoms with van der Waals surface area (Å²) in [6.07, 6.45) is 0. The fourth-order valence-electron chi connectivity index (χ4n) is 2.55. The summed E-state index contributed by atoms with van der Waals surface area (Å²) in [5.41, 5.74) is 1.31. The van der Waals surface area contributed by atoms with Gasteiger partial charge in [0.25, 0.3) is 5.91 Å². The number of halogens is 2. The fraction of sp³-hybridized carbons (Fsp3) is 0. The SMILES string of the molecule is O=C(Nc1nc2c(ccc3ccccc32)s1)c1ccc(F)cc1I. The van der Waals surface area contributed by atoms with Crippen molar-refractivity contribution in [3.63, 3.8) is 0 Å². The van der Waals surface area contributed by atoms with Crippen LogP contribution in [0, 0.1) is 9.39 Å². The number of nitrogens with zero attached hydrogens (tertiary/aromatic N) is 1. The van der Waals surface area contributed by atoms with Gasteiger partial charge in [-0.15, -0.1) is 0 Å². The number of aromatic nitrogens is 1. The molecule has 1 N–H and O–H groups in total. The minimum atomic E-state index is -0.359. The lowest BCUT2D eigenvalue weighted by Gasteiger charge is -2.04. The second-order valence-corrected chi connectivity index (χ2v) is 7.42. The van der Waals surface area contributed by atoms with E-state index in [0.29, 0.717) is 14.3 Å². The van der Waals surface area contributed by atoms with Gasteiger partial charge in [0.15, 0.2) is 5.13 Å². The molecule has 3 aromatic carbocycles. The molecule has 0 bridgehead atoms. The molecule has 0 saturated heterocycles. The molecule has 0 spiro atoms. The summed E-state index contributed by atoms with van der Waals surface area (Å²) in [7, 11) is 0. The normalized spacial score (nSPS) is 11.1. The molecule has 1 aromatic heterocycles. The molecule has 0 radical (unpaired) electrons. The van der Waals surface area contributed by atoms with Crippen molar-refractivity contribution >= 4 is 66.0 Å². The van der Waals surface area contributed by atoms with Crippen LogP contribution in [0.1, 0.15) is 10.4 Å². The number of hydrogen-bond donors (Lipinski definition) is 1. The zero-order valence-electron chi connectivity index (χ0n) is 12.2. The Labute approximate surface area is 154 Å². The van der Waals surface area contributed by atoms with Gasteiger partial charge in [0.2, 0.25) is 0 Å². The van der Waals surface area contributed by atoms with Gasteiger partial charge in [-0.05, 0) is 52.2 Å². The van der Waals surface area contributed by atoms with E-state index in [1.807, 2.05) is 59.0 Å². The molecule has 3 nitrogen and oxygen atoms in total. The molecule has 4 rings (SSSR count). The summed E-state index contributed by atoms with van der Waals surface area (Å²) in [5, 5.41) is 5.52. The number of carbonyl (C=O) groups is 1. The van der Waals surface area contributed by atoms with Crippen LogP contribution in [0.5, 0.6) is 0 Å². The van der Waals surface area contributed by atoms with E-state index in [4.69, 9.17) is 0 Å². The van der Waals surface area contributed by atoms with Crippen LogP contribution in [0.25, 0.3) is 21.0 Å². The first-order valence-electron chi connectivity index (χ1n) is 7.16. The first kappa shape index (κ1) is 15.5. The zero-order chi connectivity index (χ0) is 16.7. The van der Waals surface area contributed by atoms with Gasteiger partial charge in [-0.25, -0.2) is 9.37 Å². The lowest BCUT2D eigenvalue weighted by Crippen LogP contribution is -2.13. The maximum absolute atomic E-state index is 13.2. The van der Waals surface area contributed by atoms with Crippen LogP contribution in [0.2, 0.25) is 0 Å². The average Bonchev–Trinajstić information content (AvgIpc) is 2.97. The minimum Gasteiger partial charge on any atom is -0.298 e. The summed E-state index contributed by atoms with van der Waals surface area (Å²) >= 11 is 3.38. The van der Waals surface area contributed by atoms with E-state index in [1.165, 1.54) is 29.5 Å². The standard InChI is InChI=1S/C18H10FIN2OS/c19-11-6-7-13(14(20)9-11)17(23)22-18-21-16-12-4-2-1-3-10(12)5-8-15(16)24-18/h1-9H,(H,21,22,23). The number of rotatable bonds is 2. The monoisotopic (exact) mass is 448 g/mol. The van der Waals surface area contributed by atoms with Gasteiger partial charge in [-0.2, -0.15) is 0 Å². The highest BCUT2D eigenvalue weighted by Crippen LogP contribution is 2.32. The average molecular weight is 448 g/mol. The highest BCUT2D eigenvalue weighted by Gasteiger charge is 2.14. The van der Waals surface area contributed by atoms with Gasteiger partial charge in [-0.3, -0.25) is 10.1 Å². The van der Waals surface area contributed by atoms with Crippen molar-refractivity contribution in [3.05, 3.63) is 69.5 Å². The predicted octanol–water partition coefficient (Wildman–Crippen LogP) is 5.45. The Hall–Kier alpha value is -2.06. The summed E-state index contributed by atoms with van der Waals surface area (Å²) in [6, 6.07) is 16.2. The summed E-state index contributed by atoms with van der Waals surface area (Å²) in [5.74, 6) is -0.648. The zero-order valence-corrected chi connectivity index (χ0v) is 15.2. The van der Waals surface area contributed by atoms with Crippen LogP contribution in [0.15, 0.2) is 54.6 Å². The molecule has 0 atom stereocenters. The first-order valence-corrected chi connectivity index (χ1v) is 9.06. The van der Waals surface area contributed by atoms with E-state index < -0.39 is 0 Å². The molecule has 0 aliphatic carbocycles. The van der Waals surface area contributed by atoms with Gasteiger partial charge in [0.05, 0.1) is 15.8 Å². The van der Waals surface area contributed by atoms with E-state index in [9.17, 15) is 9.18 Å². The smallest absolute Gasteiger partial charge is 0.258 e. The maximum Gasteiger partial charge on any atom is 0.258 e. The number of carbonyl (C=O) groups excluding carboxylic acids is 1. The molecular weight excluding hydrogens is 438 g/mol. The Morgan fingerprint density at radius 3 is 2.79 bits per heavy atom. The summed E-state index contributed by atoms with van der Waals surface area (Å²) in [4.78, 5) is 17.0. The van der Waals surface area contributed by atoms with Crippen LogP contribution in [0.3, 0.4) is 0 Å². The first-order chi connectivity index (χ1) is 11.6. The molecule has 0 saturated carbocycles. The van der Waals surface area contributed by atoms with Gasteiger partial charge in [0, 0.05) is 8.96 Å². The molecule has 0 aliphatic heterocycles. The maximum atomic E-state index is 13.2. The Bertz CT molecular complexity index is 1090. The molecule has 0 fully saturated rings. The van der Waals surface area contributed by atoms with Crippen LogP contribution < -0.4 is 5.32 Å². The second kappa shape index (κ2) is 6.10. The minimum absolute atomic E-state index is 0.289. The number of hydrogen-bond acceptors (Lipinski definition) is 3. The molecule has 24 heavy (non-hydrogen) atoms. The summed E-state index contributed by atoms with van der Waals surface area (Å²) in [6.45, 7) is 0. The van der Waals surface area contributed by atoms with Crippen LogP contribution >= 0.6 is 33.9 Å². The molecule has 6 heteroatoms. The van der Waals surface area contributed by atoms with Crippen LogP contribution in [0.4, 0.5) is 9.52 Å².